The van der Waals surface area contributed by atoms with Gasteiger partial charge in [-0.05, 0) is 69.6 Å². The summed E-state index contributed by atoms with van der Waals surface area (Å²) in [6.07, 6.45) is 5.77. The predicted molar refractivity (Wildman–Crippen MR) is 147 cm³/mol. The third-order valence-corrected chi connectivity index (χ3v) is 7.80. The van der Waals surface area contributed by atoms with Crippen molar-refractivity contribution >= 4 is 21.7 Å². The van der Waals surface area contributed by atoms with Crippen LogP contribution in [0.2, 0.25) is 0 Å². The molecule has 1 atom stereocenters. The van der Waals surface area contributed by atoms with Gasteiger partial charge < -0.3 is 4.74 Å². The van der Waals surface area contributed by atoms with Crippen molar-refractivity contribution in [1.29, 1.82) is 0 Å². The first kappa shape index (κ1) is 25.7. The smallest absolute Gasteiger partial charge is 0.146 e. The van der Waals surface area contributed by atoms with Gasteiger partial charge >= 0.3 is 0 Å². The largest absolute Gasteiger partial charge is 0.496 e. The Hall–Kier alpha value is -2.43. The van der Waals surface area contributed by atoms with Gasteiger partial charge in [-0.3, -0.25) is 9.69 Å². The maximum Gasteiger partial charge on any atom is 0.146 e. The van der Waals surface area contributed by atoms with E-state index in [2.05, 4.69) is 101 Å². The molecule has 1 unspecified atom stereocenters. The second kappa shape index (κ2) is 12.5. The number of hydrogen-bond donors (Lipinski definition) is 0. The van der Waals surface area contributed by atoms with E-state index in [1.165, 1.54) is 22.3 Å². The maximum atomic E-state index is 13.0. The molecule has 35 heavy (non-hydrogen) atoms. The number of ketones is 1. The molecule has 4 heteroatoms. The van der Waals surface area contributed by atoms with Crippen LogP contribution in [0, 0.1) is 0 Å². The number of rotatable bonds is 11. The molecule has 1 aliphatic rings. The molecule has 0 amide bonds. The lowest BCUT2D eigenvalue weighted by atomic mass is 9.81. The first-order chi connectivity index (χ1) is 17.1. The van der Waals surface area contributed by atoms with E-state index in [-0.39, 0.29) is 12.0 Å². The predicted octanol–water partition coefficient (Wildman–Crippen LogP) is 7.73. The van der Waals surface area contributed by atoms with Crippen molar-refractivity contribution in [2.45, 2.75) is 57.4 Å². The number of ether oxygens (including phenoxy) is 1. The minimum atomic E-state index is 0.140. The van der Waals surface area contributed by atoms with Crippen molar-refractivity contribution in [1.82, 2.24) is 4.90 Å². The molecule has 0 aromatic heterocycles. The highest BCUT2D eigenvalue weighted by atomic mass is 79.9. The molecule has 4 rings (SSSR count). The Balaban J connectivity index is 1.70. The lowest BCUT2D eigenvalue weighted by Gasteiger charge is -2.39. The monoisotopic (exact) mass is 533 g/mol. The number of halogens is 1. The van der Waals surface area contributed by atoms with Gasteiger partial charge in [-0.1, -0.05) is 80.4 Å². The number of carbonyl (C=O) groups is 1. The summed E-state index contributed by atoms with van der Waals surface area (Å²) in [6.45, 7) is 3.59. The fourth-order valence-electron chi connectivity index (χ4n) is 5.31. The fraction of sp³-hybridized carbons (Fsp3) is 0.387. The molecule has 0 radical (unpaired) electrons. The quantitative estimate of drug-likeness (QED) is 0.236. The Labute approximate surface area is 218 Å². The van der Waals surface area contributed by atoms with Gasteiger partial charge in [-0.15, -0.1) is 0 Å². The Morgan fingerprint density at radius 1 is 1.03 bits per heavy atom. The van der Waals surface area contributed by atoms with Crippen molar-refractivity contribution in [2.24, 2.45) is 0 Å². The van der Waals surface area contributed by atoms with Gasteiger partial charge in [-0.2, -0.15) is 0 Å². The molecule has 3 aromatic carbocycles. The van der Waals surface area contributed by atoms with Crippen LogP contribution in [-0.2, 0) is 11.2 Å². The topological polar surface area (TPSA) is 29.5 Å². The van der Waals surface area contributed by atoms with Gasteiger partial charge in [0.05, 0.1) is 18.1 Å². The molecule has 0 bridgehead atoms. The third-order valence-electron chi connectivity index (χ3n) is 7.18. The molecule has 0 fully saturated rings. The molecule has 0 N–H and O–H groups in total. The molecule has 184 valence electrons. The number of Topliss-reactive ketones (excluding diaryl/α,β-unsaturated/α-hetero) is 1. The van der Waals surface area contributed by atoms with Gasteiger partial charge in [0.2, 0.25) is 0 Å². The normalized spacial score (nSPS) is 15.7. The van der Waals surface area contributed by atoms with Crippen LogP contribution in [0.4, 0.5) is 0 Å². The third kappa shape index (κ3) is 6.42. The number of nitrogens with zero attached hydrogens (tertiary/aromatic N) is 1. The molecule has 0 saturated carbocycles. The van der Waals surface area contributed by atoms with E-state index in [9.17, 15) is 4.79 Å². The van der Waals surface area contributed by atoms with Gasteiger partial charge in [-0.25, -0.2) is 0 Å². The van der Waals surface area contributed by atoms with Gasteiger partial charge in [0.25, 0.3) is 0 Å². The van der Waals surface area contributed by atoms with Crippen molar-refractivity contribution < 1.29 is 9.53 Å². The van der Waals surface area contributed by atoms with E-state index >= 15 is 0 Å². The number of carbonyl (C=O) groups excluding carboxylic acids is 1. The molecule has 1 heterocycles. The van der Waals surface area contributed by atoms with Gasteiger partial charge in [0, 0.05) is 24.9 Å². The van der Waals surface area contributed by atoms with E-state index in [0.717, 1.165) is 48.9 Å². The molecule has 0 spiro atoms. The summed E-state index contributed by atoms with van der Waals surface area (Å²) in [5, 5.41) is 0. The number of hydrogen-bond acceptors (Lipinski definition) is 3. The van der Waals surface area contributed by atoms with E-state index in [1.54, 1.807) is 7.11 Å². The Kier molecular flexibility index (Phi) is 9.17. The van der Waals surface area contributed by atoms with E-state index in [0.29, 0.717) is 18.7 Å². The summed E-state index contributed by atoms with van der Waals surface area (Å²) in [5.41, 5.74) is 5.25. The highest BCUT2D eigenvalue weighted by Gasteiger charge is 2.32. The maximum absolute atomic E-state index is 13.0. The van der Waals surface area contributed by atoms with Crippen LogP contribution in [0.25, 0.3) is 0 Å². The first-order valence-corrected chi connectivity index (χ1v) is 13.6. The highest BCUT2D eigenvalue weighted by molar-refractivity contribution is 9.10. The van der Waals surface area contributed by atoms with Crippen molar-refractivity contribution in [3.05, 3.63) is 99.5 Å². The number of benzene rings is 3. The van der Waals surface area contributed by atoms with Crippen molar-refractivity contribution in [3.63, 3.8) is 0 Å². The zero-order chi connectivity index (χ0) is 24.6. The minimum Gasteiger partial charge on any atom is -0.496 e. The van der Waals surface area contributed by atoms with Gasteiger partial charge in [0.1, 0.15) is 11.5 Å². The van der Waals surface area contributed by atoms with Crippen LogP contribution in [0.5, 0.6) is 5.75 Å². The molecule has 3 nitrogen and oxygen atoms in total. The summed E-state index contributed by atoms with van der Waals surface area (Å²) in [5.74, 6) is 1.44. The Bertz CT molecular complexity index is 1060. The number of methoxy groups -OCH3 is 1. The second-order valence-corrected chi connectivity index (χ2v) is 10.4. The zero-order valence-electron chi connectivity index (χ0n) is 20.9. The summed E-state index contributed by atoms with van der Waals surface area (Å²) < 4.78 is 6.67. The molecule has 3 aromatic rings. The minimum absolute atomic E-state index is 0.140. The summed E-state index contributed by atoms with van der Waals surface area (Å²) in [4.78, 5) is 15.4. The molecule has 0 saturated heterocycles. The standard InChI is InChI=1S/C31H36BrNO2/c1-3-4-7-16-26(34)22-33-18-17-25-19-29(32)31(35-2)21-28(25)30(33)20-27(23-12-8-5-9-13-23)24-14-10-6-11-15-24/h5-6,8-15,19,21,27,30H,3-4,7,16-18,20,22H2,1-2H3. The molecule has 1 aliphatic heterocycles. The highest BCUT2D eigenvalue weighted by Crippen LogP contribution is 2.43. The number of unbranched alkanes of at least 4 members (excludes halogenated alkanes) is 2. The lowest BCUT2D eigenvalue weighted by Crippen LogP contribution is -2.39. The van der Waals surface area contributed by atoms with Crippen LogP contribution < -0.4 is 4.74 Å². The van der Waals surface area contributed by atoms with Crippen molar-refractivity contribution in [2.75, 3.05) is 20.2 Å². The van der Waals surface area contributed by atoms with E-state index in [4.69, 9.17) is 4.74 Å². The summed E-state index contributed by atoms with van der Waals surface area (Å²) in [6, 6.07) is 26.1. The van der Waals surface area contributed by atoms with Crippen molar-refractivity contribution in [3.8, 4) is 5.75 Å². The Morgan fingerprint density at radius 2 is 1.69 bits per heavy atom. The fourth-order valence-corrected chi connectivity index (χ4v) is 5.86. The molecular weight excluding hydrogens is 498 g/mol. The van der Waals surface area contributed by atoms with Crippen LogP contribution in [0.3, 0.4) is 0 Å². The first-order valence-electron chi connectivity index (χ1n) is 12.8. The number of fused-ring (bicyclic) bond motifs is 1. The SMILES string of the molecule is CCCCCC(=O)CN1CCc2cc(Br)c(OC)cc2C1CC(c1ccccc1)c1ccccc1. The van der Waals surface area contributed by atoms with E-state index < -0.39 is 0 Å². The zero-order valence-corrected chi connectivity index (χ0v) is 22.5. The average molecular weight is 535 g/mol. The Morgan fingerprint density at radius 3 is 2.29 bits per heavy atom. The van der Waals surface area contributed by atoms with Crippen LogP contribution in [0.15, 0.2) is 77.3 Å². The van der Waals surface area contributed by atoms with Gasteiger partial charge in [0.15, 0.2) is 0 Å². The van der Waals surface area contributed by atoms with E-state index in [1.807, 2.05) is 0 Å². The summed E-state index contributed by atoms with van der Waals surface area (Å²) in [7, 11) is 1.72. The lowest BCUT2D eigenvalue weighted by molar-refractivity contribution is -0.121. The second-order valence-electron chi connectivity index (χ2n) is 9.53. The van der Waals surface area contributed by atoms with Crippen LogP contribution in [0.1, 0.15) is 73.2 Å². The molecular formula is C31H36BrNO2. The van der Waals surface area contributed by atoms with Crippen LogP contribution in [-0.4, -0.2) is 30.9 Å². The van der Waals surface area contributed by atoms with Crippen LogP contribution >= 0.6 is 15.9 Å². The molecule has 0 aliphatic carbocycles. The average Bonchev–Trinajstić information content (AvgIpc) is 2.89. The summed E-state index contributed by atoms with van der Waals surface area (Å²) >= 11 is 3.68.